The highest BCUT2D eigenvalue weighted by Gasteiger charge is 2.32. The Labute approximate surface area is 184 Å². The summed E-state index contributed by atoms with van der Waals surface area (Å²) in [6.45, 7) is 6.77. The Morgan fingerprint density at radius 2 is 1.75 bits per heavy atom. The van der Waals surface area contributed by atoms with Crippen LogP contribution in [0.4, 0.5) is 18.9 Å². The molecule has 0 aromatic heterocycles. The third-order valence-corrected chi connectivity index (χ3v) is 6.34. The molecule has 3 heterocycles. The van der Waals surface area contributed by atoms with Crippen LogP contribution in [0.2, 0.25) is 0 Å². The average Bonchev–Trinajstić information content (AvgIpc) is 3.32. The quantitative estimate of drug-likeness (QED) is 0.699. The maximum absolute atomic E-state index is 13.0. The van der Waals surface area contributed by atoms with Crippen LogP contribution in [-0.4, -0.2) is 48.2 Å². The molecule has 0 spiro atoms. The smallest absolute Gasteiger partial charge is 0.406 e. The van der Waals surface area contributed by atoms with Gasteiger partial charge in [0.1, 0.15) is 5.75 Å². The fraction of sp³-hybridized carbons (Fsp3) is 0.375. The topological polar surface area (TPSA) is 36.0 Å². The maximum Gasteiger partial charge on any atom is 0.573 e. The number of benzene rings is 2. The molecule has 0 radical (unpaired) electrons. The Morgan fingerprint density at radius 1 is 1.00 bits per heavy atom. The minimum atomic E-state index is -4.72. The summed E-state index contributed by atoms with van der Waals surface area (Å²) < 4.78 is 41.0. The van der Waals surface area contributed by atoms with Crippen molar-refractivity contribution in [3.05, 3.63) is 70.4 Å². The van der Waals surface area contributed by atoms with Crippen LogP contribution in [0.15, 0.2) is 48.2 Å². The zero-order valence-corrected chi connectivity index (χ0v) is 17.8. The predicted molar refractivity (Wildman–Crippen MR) is 114 cm³/mol. The molecule has 3 aliphatic heterocycles. The molecule has 5 nitrogen and oxygen atoms in total. The van der Waals surface area contributed by atoms with Crippen molar-refractivity contribution in [3.63, 3.8) is 0 Å². The zero-order chi connectivity index (χ0) is 22.5. The summed E-state index contributed by atoms with van der Waals surface area (Å²) in [6.07, 6.45) is -1.30. The van der Waals surface area contributed by atoms with E-state index in [1.54, 1.807) is 17.0 Å². The van der Waals surface area contributed by atoms with Gasteiger partial charge in [0.2, 0.25) is 0 Å². The van der Waals surface area contributed by atoms with Gasteiger partial charge >= 0.3 is 6.36 Å². The molecular formula is C24H24F3N3O2. The molecule has 0 unspecified atom stereocenters. The van der Waals surface area contributed by atoms with E-state index >= 15 is 0 Å². The lowest BCUT2D eigenvalue weighted by atomic mass is 10.0. The van der Waals surface area contributed by atoms with Crippen LogP contribution in [0, 0.1) is 6.92 Å². The van der Waals surface area contributed by atoms with Crippen molar-refractivity contribution in [3.8, 4) is 5.75 Å². The van der Waals surface area contributed by atoms with Gasteiger partial charge in [-0.05, 0) is 54.3 Å². The Hall–Kier alpha value is -3.16. The number of rotatable bonds is 4. The summed E-state index contributed by atoms with van der Waals surface area (Å²) >= 11 is 0. The number of nitrogens with zero attached hydrogens (tertiary/aromatic N) is 3. The lowest BCUT2D eigenvalue weighted by Crippen LogP contribution is -2.43. The van der Waals surface area contributed by atoms with E-state index in [1.807, 2.05) is 6.92 Å². The van der Waals surface area contributed by atoms with Crippen LogP contribution < -0.4 is 9.64 Å². The third-order valence-electron chi connectivity index (χ3n) is 6.34. The fourth-order valence-corrected chi connectivity index (χ4v) is 4.85. The molecule has 1 amide bonds. The van der Waals surface area contributed by atoms with Crippen molar-refractivity contribution in [2.24, 2.45) is 0 Å². The second-order valence-electron chi connectivity index (χ2n) is 8.54. The van der Waals surface area contributed by atoms with Gasteiger partial charge in [0, 0.05) is 49.7 Å². The zero-order valence-electron chi connectivity index (χ0n) is 17.8. The molecule has 8 heteroatoms. The lowest BCUT2D eigenvalue weighted by molar-refractivity contribution is -0.274. The molecule has 0 bridgehead atoms. The van der Waals surface area contributed by atoms with Crippen molar-refractivity contribution < 1.29 is 22.7 Å². The van der Waals surface area contributed by atoms with Gasteiger partial charge in [-0.2, -0.15) is 0 Å². The number of fused-ring (bicyclic) bond motifs is 2. The number of carbonyl (C=O) groups excluding carboxylic acids is 1. The Kier molecular flexibility index (Phi) is 5.03. The Bertz CT molecular complexity index is 1080. The first-order chi connectivity index (χ1) is 15.3. The molecule has 1 fully saturated rings. The first-order valence-corrected chi connectivity index (χ1v) is 10.7. The molecular weight excluding hydrogens is 419 g/mol. The molecule has 2 aromatic rings. The van der Waals surface area contributed by atoms with Crippen LogP contribution in [0.5, 0.6) is 5.75 Å². The highest BCUT2D eigenvalue weighted by Crippen LogP contribution is 2.33. The minimum Gasteiger partial charge on any atom is -0.406 e. The number of alkyl halides is 3. The van der Waals surface area contributed by atoms with E-state index in [9.17, 15) is 18.0 Å². The minimum absolute atomic E-state index is 0.0389. The highest BCUT2D eigenvalue weighted by atomic mass is 19.4. The van der Waals surface area contributed by atoms with Crippen molar-refractivity contribution in [1.29, 1.82) is 0 Å². The lowest BCUT2D eigenvalue weighted by Gasteiger charge is -2.37. The average molecular weight is 443 g/mol. The largest absolute Gasteiger partial charge is 0.573 e. The highest BCUT2D eigenvalue weighted by molar-refractivity contribution is 6.00. The standard InChI is InChI=1S/C24H24F3N3O2/c1-16-11-20(29-10-9-28-8-2-3-19(28)15-29)12-18-14-30(23(31)22(16)18)13-17-4-6-21(7-5-17)32-24(25,26)27/h3-7,11-12H,2,8-10,13-15H2,1H3. The van der Waals surface area contributed by atoms with Gasteiger partial charge in [0.15, 0.2) is 0 Å². The van der Waals surface area contributed by atoms with E-state index in [2.05, 4.69) is 32.7 Å². The van der Waals surface area contributed by atoms with E-state index in [-0.39, 0.29) is 11.7 Å². The summed E-state index contributed by atoms with van der Waals surface area (Å²) in [5, 5.41) is 0. The molecule has 0 saturated carbocycles. The summed E-state index contributed by atoms with van der Waals surface area (Å²) in [6, 6.07) is 9.88. The van der Waals surface area contributed by atoms with E-state index in [1.165, 1.54) is 17.8 Å². The maximum atomic E-state index is 13.0. The summed E-state index contributed by atoms with van der Waals surface area (Å²) in [7, 11) is 0. The van der Waals surface area contributed by atoms with Gasteiger partial charge in [-0.1, -0.05) is 18.2 Å². The van der Waals surface area contributed by atoms with Crippen LogP contribution in [0.25, 0.3) is 0 Å². The second-order valence-corrected chi connectivity index (χ2v) is 8.54. The Morgan fingerprint density at radius 3 is 2.50 bits per heavy atom. The molecule has 168 valence electrons. The molecule has 1 saturated heterocycles. The molecule has 0 N–H and O–H groups in total. The molecule has 2 aromatic carbocycles. The monoisotopic (exact) mass is 443 g/mol. The second kappa shape index (κ2) is 7.76. The first-order valence-electron chi connectivity index (χ1n) is 10.7. The van der Waals surface area contributed by atoms with E-state index < -0.39 is 6.36 Å². The van der Waals surface area contributed by atoms with Gasteiger partial charge in [-0.3, -0.25) is 4.79 Å². The number of amides is 1. The summed E-state index contributed by atoms with van der Waals surface area (Å²) in [5.74, 6) is -0.307. The van der Waals surface area contributed by atoms with Gasteiger partial charge in [0.25, 0.3) is 5.91 Å². The van der Waals surface area contributed by atoms with Crippen molar-refractivity contribution in [2.45, 2.75) is 32.8 Å². The van der Waals surface area contributed by atoms with Crippen molar-refractivity contribution >= 4 is 11.6 Å². The number of hydrogen-bond donors (Lipinski definition) is 0. The number of aryl methyl sites for hydroxylation is 1. The Balaban J connectivity index is 1.31. The molecule has 0 aliphatic carbocycles. The number of hydrogen-bond acceptors (Lipinski definition) is 4. The van der Waals surface area contributed by atoms with Crippen molar-refractivity contribution in [2.75, 3.05) is 31.1 Å². The van der Waals surface area contributed by atoms with Crippen LogP contribution >= 0.6 is 0 Å². The molecule has 0 atom stereocenters. The number of anilines is 1. The van der Waals surface area contributed by atoms with E-state index in [4.69, 9.17) is 0 Å². The van der Waals surface area contributed by atoms with Gasteiger partial charge in [-0.25, -0.2) is 0 Å². The molecule has 5 rings (SSSR count). The number of carbonyl (C=O) groups is 1. The van der Waals surface area contributed by atoms with Crippen LogP contribution in [0.1, 0.15) is 33.5 Å². The van der Waals surface area contributed by atoms with Crippen molar-refractivity contribution in [1.82, 2.24) is 9.80 Å². The van der Waals surface area contributed by atoms with Gasteiger partial charge < -0.3 is 19.4 Å². The normalized spacial score (nSPS) is 18.1. The number of piperazine rings is 1. The molecule has 3 aliphatic rings. The third kappa shape index (κ3) is 4.01. The number of halogens is 3. The first kappa shape index (κ1) is 20.7. The molecule has 32 heavy (non-hydrogen) atoms. The fourth-order valence-electron chi connectivity index (χ4n) is 4.85. The van der Waals surface area contributed by atoms with Crippen LogP contribution in [-0.2, 0) is 13.1 Å². The summed E-state index contributed by atoms with van der Waals surface area (Å²) in [4.78, 5) is 19.6. The number of ether oxygens (including phenoxy) is 1. The van der Waals surface area contributed by atoms with E-state index in [0.717, 1.165) is 60.5 Å². The van der Waals surface area contributed by atoms with Gasteiger partial charge in [-0.15, -0.1) is 13.2 Å². The SMILES string of the molecule is Cc1cc(N2CCN3CCC=C3C2)cc2c1C(=O)N(Cc1ccc(OC(F)(F)F)cc1)C2. The predicted octanol–water partition coefficient (Wildman–Crippen LogP) is 4.46. The van der Waals surface area contributed by atoms with Gasteiger partial charge in [0.05, 0.1) is 6.54 Å². The summed E-state index contributed by atoms with van der Waals surface area (Å²) in [5.41, 5.74) is 5.97. The van der Waals surface area contributed by atoms with E-state index in [0.29, 0.717) is 13.1 Å². The van der Waals surface area contributed by atoms with Crippen LogP contribution in [0.3, 0.4) is 0 Å².